The molecule has 0 aliphatic heterocycles. The van der Waals surface area contributed by atoms with Gasteiger partial charge in [0.1, 0.15) is 18.5 Å². The van der Waals surface area contributed by atoms with E-state index in [1.807, 2.05) is 36.4 Å². The van der Waals surface area contributed by atoms with Crippen LogP contribution in [0.15, 0.2) is 60.9 Å². The van der Waals surface area contributed by atoms with Gasteiger partial charge in [-0.25, -0.2) is 19.2 Å². The Morgan fingerprint density at radius 3 is 1.97 bits per heavy atom. The van der Waals surface area contributed by atoms with Crippen molar-refractivity contribution in [2.45, 2.75) is 71.4 Å². The van der Waals surface area contributed by atoms with Crippen molar-refractivity contribution in [2.24, 2.45) is 0 Å². The van der Waals surface area contributed by atoms with Crippen LogP contribution in [0.25, 0.3) is 22.5 Å². The van der Waals surface area contributed by atoms with E-state index in [0.29, 0.717) is 23.9 Å². The van der Waals surface area contributed by atoms with Gasteiger partial charge in [-0.2, -0.15) is 0 Å². The maximum atomic E-state index is 13.2. The summed E-state index contributed by atoms with van der Waals surface area (Å²) in [7, 11) is 0. The average molecular weight is 509 g/mol. The lowest BCUT2D eigenvalue weighted by Gasteiger charge is -2.09. The third kappa shape index (κ3) is 9.83. The van der Waals surface area contributed by atoms with E-state index >= 15 is 0 Å². The summed E-state index contributed by atoms with van der Waals surface area (Å²) in [6.07, 6.45) is 10.4. The fourth-order valence-electron chi connectivity index (χ4n) is 3.72. The second-order valence-corrected chi connectivity index (χ2v) is 8.98. The van der Waals surface area contributed by atoms with Crippen LogP contribution in [0.1, 0.15) is 65.2 Å². The summed E-state index contributed by atoms with van der Waals surface area (Å²) < 4.78 is 28.8. The first-order valence-electron chi connectivity index (χ1n) is 13.2. The molecule has 0 amide bonds. The molecule has 3 aromatic rings. The zero-order chi connectivity index (χ0) is 26.3. The van der Waals surface area contributed by atoms with Crippen molar-refractivity contribution in [1.29, 1.82) is 0 Å². The lowest BCUT2D eigenvalue weighted by molar-refractivity contribution is 0.0732. The Morgan fingerprint density at radius 1 is 0.784 bits per heavy atom. The molecule has 198 valence electrons. The number of rotatable bonds is 15. The van der Waals surface area contributed by atoms with Crippen molar-refractivity contribution >= 4 is 6.16 Å². The number of aromatic nitrogens is 2. The highest BCUT2D eigenvalue weighted by Crippen LogP contribution is 2.25. The van der Waals surface area contributed by atoms with Crippen LogP contribution < -0.4 is 9.47 Å². The Hall–Kier alpha value is -3.48. The molecular formula is C30H37FN2O4. The van der Waals surface area contributed by atoms with Gasteiger partial charge >= 0.3 is 6.16 Å². The maximum Gasteiger partial charge on any atom is 0.513 e. The minimum absolute atomic E-state index is 0.284. The third-order valence-corrected chi connectivity index (χ3v) is 6.00. The van der Waals surface area contributed by atoms with Crippen molar-refractivity contribution < 1.29 is 23.4 Å². The fourth-order valence-corrected chi connectivity index (χ4v) is 3.72. The number of hydrogen-bond acceptors (Lipinski definition) is 6. The molecule has 6 nitrogen and oxygen atoms in total. The predicted molar refractivity (Wildman–Crippen MR) is 144 cm³/mol. The molecule has 1 atom stereocenters. The summed E-state index contributed by atoms with van der Waals surface area (Å²) in [4.78, 5) is 20.6. The Bertz CT molecular complexity index is 1060. The lowest BCUT2D eigenvalue weighted by atomic mass is 10.0. The van der Waals surface area contributed by atoms with Gasteiger partial charge in [0.05, 0.1) is 19.0 Å². The number of nitrogens with zero attached hydrogens (tertiary/aromatic N) is 2. The van der Waals surface area contributed by atoms with Crippen LogP contribution in [0, 0.1) is 0 Å². The standard InChI is InChI=1S/C30H37FN2O4/c1-3-5-6-7-8-9-10-19-35-28-20-32-29(33-21-28)25-13-11-23(12-14-25)24-15-17-27(18-16-24)37-30(34)36-22-26(31)4-2/h11-18,20-21,26H,3-10,19,22H2,1-2H3. The van der Waals surface area contributed by atoms with E-state index < -0.39 is 12.3 Å². The minimum atomic E-state index is -1.19. The highest BCUT2D eigenvalue weighted by atomic mass is 19.1. The zero-order valence-electron chi connectivity index (χ0n) is 21.8. The van der Waals surface area contributed by atoms with Gasteiger partial charge < -0.3 is 14.2 Å². The molecule has 0 N–H and O–H groups in total. The molecule has 0 radical (unpaired) electrons. The Kier molecular flexibility index (Phi) is 11.8. The first kappa shape index (κ1) is 28.1. The van der Waals surface area contributed by atoms with Gasteiger partial charge in [-0.1, -0.05) is 88.8 Å². The van der Waals surface area contributed by atoms with Crippen LogP contribution in [0.3, 0.4) is 0 Å². The summed E-state index contributed by atoms with van der Waals surface area (Å²) in [6.45, 7) is 4.30. The molecule has 0 bridgehead atoms. The number of carbonyl (C=O) groups excluding carboxylic acids is 1. The average Bonchev–Trinajstić information content (AvgIpc) is 2.94. The van der Waals surface area contributed by atoms with Gasteiger partial charge in [0.2, 0.25) is 0 Å². The van der Waals surface area contributed by atoms with Crippen LogP contribution in [0.5, 0.6) is 11.5 Å². The molecule has 1 unspecified atom stereocenters. The van der Waals surface area contributed by atoms with Crippen LogP contribution >= 0.6 is 0 Å². The summed E-state index contributed by atoms with van der Waals surface area (Å²) in [6, 6.07) is 14.9. The quantitative estimate of drug-likeness (QED) is 0.117. The van der Waals surface area contributed by atoms with Crippen molar-refractivity contribution in [3.8, 4) is 34.0 Å². The van der Waals surface area contributed by atoms with E-state index in [0.717, 1.165) is 23.1 Å². The van der Waals surface area contributed by atoms with E-state index in [4.69, 9.17) is 14.2 Å². The van der Waals surface area contributed by atoms with Crippen molar-refractivity contribution in [1.82, 2.24) is 9.97 Å². The van der Waals surface area contributed by atoms with Crippen LogP contribution in [-0.4, -0.2) is 35.5 Å². The predicted octanol–water partition coefficient (Wildman–Crippen LogP) is 8.20. The van der Waals surface area contributed by atoms with Crippen molar-refractivity contribution in [2.75, 3.05) is 13.2 Å². The first-order chi connectivity index (χ1) is 18.1. The van der Waals surface area contributed by atoms with E-state index in [-0.39, 0.29) is 13.0 Å². The van der Waals surface area contributed by atoms with E-state index in [2.05, 4.69) is 16.9 Å². The van der Waals surface area contributed by atoms with Crippen LogP contribution in [0.4, 0.5) is 9.18 Å². The minimum Gasteiger partial charge on any atom is -0.490 e. The number of carbonyl (C=O) groups is 1. The first-order valence-corrected chi connectivity index (χ1v) is 13.2. The molecule has 0 aliphatic rings. The lowest BCUT2D eigenvalue weighted by Crippen LogP contribution is -2.17. The van der Waals surface area contributed by atoms with Crippen LogP contribution in [-0.2, 0) is 4.74 Å². The number of ether oxygens (including phenoxy) is 3. The van der Waals surface area contributed by atoms with Crippen LogP contribution in [0.2, 0.25) is 0 Å². The number of benzene rings is 2. The normalized spacial score (nSPS) is 11.6. The van der Waals surface area contributed by atoms with Gasteiger partial charge in [-0.05, 0) is 36.1 Å². The number of unbranched alkanes of at least 4 members (excludes halogenated alkanes) is 6. The van der Waals surface area contributed by atoms with E-state index in [1.54, 1.807) is 31.5 Å². The van der Waals surface area contributed by atoms with Gasteiger partial charge in [-0.15, -0.1) is 0 Å². The second-order valence-electron chi connectivity index (χ2n) is 8.98. The smallest absolute Gasteiger partial charge is 0.490 e. The summed E-state index contributed by atoms with van der Waals surface area (Å²) in [5.41, 5.74) is 2.86. The monoisotopic (exact) mass is 508 g/mol. The number of alkyl halides is 1. The molecule has 0 fully saturated rings. The number of hydrogen-bond donors (Lipinski definition) is 0. The second kappa shape index (κ2) is 15.6. The maximum absolute atomic E-state index is 13.2. The largest absolute Gasteiger partial charge is 0.513 e. The molecule has 1 aromatic heterocycles. The van der Waals surface area contributed by atoms with Gasteiger partial charge in [-0.3, -0.25) is 0 Å². The highest BCUT2D eigenvalue weighted by Gasteiger charge is 2.11. The Morgan fingerprint density at radius 2 is 1.35 bits per heavy atom. The molecule has 0 aliphatic carbocycles. The van der Waals surface area contributed by atoms with Gasteiger partial charge in [0.25, 0.3) is 0 Å². The van der Waals surface area contributed by atoms with Gasteiger partial charge in [0.15, 0.2) is 11.6 Å². The number of halogens is 1. The Balaban J connectivity index is 1.45. The molecule has 0 saturated heterocycles. The molecule has 0 spiro atoms. The fraction of sp³-hybridized carbons (Fsp3) is 0.433. The molecule has 0 saturated carbocycles. The summed E-state index contributed by atoms with van der Waals surface area (Å²) >= 11 is 0. The van der Waals surface area contributed by atoms with Crippen molar-refractivity contribution in [3.63, 3.8) is 0 Å². The Labute approximate surface area is 219 Å². The SMILES string of the molecule is CCCCCCCCCOc1cnc(-c2ccc(-c3ccc(OC(=O)OCC(F)CC)cc3)cc2)nc1. The van der Waals surface area contributed by atoms with E-state index in [1.165, 1.54) is 38.5 Å². The zero-order valence-corrected chi connectivity index (χ0v) is 21.8. The molecule has 37 heavy (non-hydrogen) atoms. The molecule has 1 heterocycles. The third-order valence-electron chi connectivity index (χ3n) is 6.00. The topological polar surface area (TPSA) is 70.5 Å². The molecular weight excluding hydrogens is 471 g/mol. The molecule has 3 rings (SSSR count). The molecule has 2 aromatic carbocycles. The highest BCUT2D eigenvalue weighted by molar-refractivity contribution is 5.69. The summed E-state index contributed by atoms with van der Waals surface area (Å²) in [5, 5.41) is 0. The van der Waals surface area contributed by atoms with E-state index in [9.17, 15) is 9.18 Å². The van der Waals surface area contributed by atoms with Crippen molar-refractivity contribution in [3.05, 3.63) is 60.9 Å². The van der Waals surface area contributed by atoms with Gasteiger partial charge in [0, 0.05) is 5.56 Å². The molecule has 7 heteroatoms. The summed E-state index contributed by atoms with van der Waals surface area (Å²) in [5.74, 6) is 1.66.